The second kappa shape index (κ2) is 11.8. The molecular weight excluding hydrogens is 590 g/mol. The average Bonchev–Trinajstić information content (AvgIpc) is 3.73. The molecule has 1 spiro atoms. The standard InChI is InChI=1S/C35H37N3O8/c1-22-18-38(33(40)36-31(22)39)32-30-34(26(19-43-30)20-45-37(34)2)29(46-32)21-44-35(23-8-6-5-7-9-23,24-10-14-27(41-3)15-11-24)25-12-16-28(42-4)17-13-25/h5-18,26,29-30,32H,19-21H2,1-4H3,(H,36,39,40)/t26-,29+,30-,32+,34-/m0/s1. The summed E-state index contributed by atoms with van der Waals surface area (Å²) in [5.41, 5.74) is 0.239. The highest BCUT2D eigenvalue weighted by Gasteiger charge is 2.71. The summed E-state index contributed by atoms with van der Waals surface area (Å²) in [6, 6.07) is 25.7. The molecule has 240 valence electrons. The summed E-state index contributed by atoms with van der Waals surface area (Å²) in [5, 5.41) is 1.82. The maximum absolute atomic E-state index is 13.1. The van der Waals surface area contributed by atoms with Crippen molar-refractivity contribution in [3.05, 3.63) is 128 Å². The lowest BCUT2D eigenvalue weighted by Gasteiger charge is -2.40. The number of nitrogens with one attached hydrogen (secondary N) is 1. The van der Waals surface area contributed by atoms with Crippen LogP contribution in [0.1, 0.15) is 28.5 Å². The molecule has 11 nitrogen and oxygen atoms in total. The number of rotatable bonds is 9. The molecule has 3 aliphatic rings. The molecule has 1 aromatic heterocycles. The molecule has 4 aromatic rings. The zero-order valence-electron chi connectivity index (χ0n) is 26.2. The Labute approximate surface area is 266 Å². The van der Waals surface area contributed by atoms with Gasteiger partial charge < -0.3 is 23.7 Å². The van der Waals surface area contributed by atoms with Crippen LogP contribution in [0.4, 0.5) is 0 Å². The van der Waals surface area contributed by atoms with Gasteiger partial charge in [0.15, 0.2) is 6.23 Å². The Kier molecular flexibility index (Phi) is 7.82. The topological polar surface area (TPSA) is 113 Å². The summed E-state index contributed by atoms with van der Waals surface area (Å²) >= 11 is 0. The van der Waals surface area contributed by atoms with Crippen molar-refractivity contribution in [2.24, 2.45) is 5.92 Å². The van der Waals surface area contributed by atoms with Crippen LogP contribution in [-0.4, -0.2) is 73.4 Å². The summed E-state index contributed by atoms with van der Waals surface area (Å²) in [5.74, 6) is 1.41. The Balaban J connectivity index is 1.36. The van der Waals surface area contributed by atoms with Crippen molar-refractivity contribution < 1.29 is 28.5 Å². The first-order chi connectivity index (χ1) is 22.3. The molecular formula is C35H37N3O8. The van der Waals surface area contributed by atoms with E-state index < -0.39 is 40.8 Å². The van der Waals surface area contributed by atoms with Crippen molar-refractivity contribution in [3.8, 4) is 11.5 Å². The summed E-state index contributed by atoms with van der Waals surface area (Å²) in [7, 11) is 5.15. The van der Waals surface area contributed by atoms with Gasteiger partial charge in [-0.1, -0.05) is 54.6 Å². The molecule has 1 N–H and O–H groups in total. The molecule has 3 aliphatic heterocycles. The predicted octanol–water partition coefficient (Wildman–Crippen LogP) is 3.40. The smallest absolute Gasteiger partial charge is 0.330 e. The van der Waals surface area contributed by atoms with E-state index in [-0.39, 0.29) is 12.5 Å². The van der Waals surface area contributed by atoms with Gasteiger partial charge in [0.05, 0.1) is 34.0 Å². The lowest BCUT2D eigenvalue weighted by Crippen LogP contribution is -2.58. The third-order valence-electron chi connectivity index (χ3n) is 9.72. The number of nitrogens with zero attached hydrogens (tertiary/aromatic N) is 2. The monoisotopic (exact) mass is 627 g/mol. The first-order valence-corrected chi connectivity index (χ1v) is 15.3. The minimum Gasteiger partial charge on any atom is -0.497 e. The van der Waals surface area contributed by atoms with Crippen LogP contribution in [-0.2, 0) is 24.6 Å². The third kappa shape index (κ3) is 4.61. The fourth-order valence-corrected chi connectivity index (χ4v) is 7.39. The van der Waals surface area contributed by atoms with E-state index in [0.29, 0.717) is 18.8 Å². The highest BCUT2D eigenvalue weighted by Crippen LogP contribution is 2.54. The third-order valence-corrected chi connectivity index (χ3v) is 9.72. The maximum atomic E-state index is 13.1. The van der Waals surface area contributed by atoms with E-state index in [1.807, 2.05) is 91.0 Å². The van der Waals surface area contributed by atoms with Crippen molar-refractivity contribution in [2.75, 3.05) is 41.1 Å². The average molecular weight is 628 g/mol. The maximum Gasteiger partial charge on any atom is 0.330 e. The van der Waals surface area contributed by atoms with Gasteiger partial charge >= 0.3 is 5.69 Å². The molecule has 3 aromatic carbocycles. The number of H-pyrrole nitrogens is 1. The summed E-state index contributed by atoms with van der Waals surface area (Å²) in [4.78, 5) is 33.8. The highest BCUT2D eigenvalue weighted by atomic mass is 16.7. The number of aromatic nitrogens is 2. The van der Waals surface area contributed by atoms with Crippen LogP contribution in [0.3, 0.4) is 0 Å². The van der Waals surface area contributed by atoms with Gasteiger partial charge in [-0.2, -0.15) is 5.06 Å². The van der Waals surface area contributed by atoms with Crippen LogP contribution in [0, 0.1) is 12.8 Å². The van der Waals surface area contributed by atoms with E-state index in [1.165, 1.54) is 10.8 Å². The molecule has 0 unspecified atom stereocenters. The number of likely N-dealkylation sites (N-methyl/N-ethyl adjacent to an activating group) is 1. The number of aryl methyl sites for hydroxylation is 1. The molecule has 3 saturated heterocycles. The fraction of sp³-hybridized carbons (Fsp3) is 0.371. The van der Waals surface area contributed by atoms with Crippen molar-refractivity contribution in [1.29, 1.82) is 0 Å². The van der Waals surface area contributed by atoms with Crippen molar-refractivity contribution in [1.82, 2.24) is 14.6 Å². The number of hydrogen-bond donors (Lipinski definition) is 1. The second-order valence-electron chi connectivity index (χ2n) is 11.9. The largest absolute Gasteiger partial charge is 0.497 e. The molecule has 5 atom stereocenters. The van der Waals surface area contributed by atoms with E-state index in [4.69, 9.17) is 28.5 Å². The molecule has 0 aliphatic carbocycles. The molecule has 3 fully saturated rings. The number of ether oxygens (including phenoxy) is 5. The second-order valence-corrected chi connectivity index (χ2v) is 11.9. The first kappa shape index (κ1) is 30.4. The Bertz CT molecular complexity index is 1760. The zero-order chi connectivity index (χ0) is 32.1. The predicted molar refractivity (Wildman–Crippen MR) is 168 cm³/mol. The number of benzene rings is 3. The van der Waals surface area contributed by atoms with Gasteiger partial charge in [0.2, 0.25) is 0 Å². The van der Waals surface area contributed by atoms with Crippen LogP contribution in [0.25, 0.3) is 0 Å². The van der Waals surface area contributed by atoms with E-state index >= 15 is 0 Å². The number of hydrogen-bond acceptors (Lipinski definition) is 9. The molecule has 0 radical (unpaired) electrons. The summed E-state index contributed by atoms with van der Waals surface area (Å²) in [6.45, 7) is 2.65. The van der Waals surface area contributed by atoms with Crippen LogP contribution in [0.15, 0.2) is 94.6 Å². The minimum atomic E-state index is -1.08. The Morgan fingerprint density at radius 2 is 1.50 bits per heavy atom. The van der Waals surface area contributed by atoms with E-state index in [1.54, 1.807) is 21.1 Å². The van der Waals surface area contributed by atoms with Gasteiger partial charge in [0.1, 0.15) is 34.8 Å². The molecule has 46 heavy (non-hydrogen) atoms. The summed E-state index contributed by atoms with van der Waals surface area (Å²) < 4.78 is 32.8. The quantitative estimate of drug-likeness (QED) is 0.279. The van der Waals surface area contributed by atoms with Crippen LogP contribution in [0.5, 0.6) is 11.5 Å². The SMILES string of the molecule is COc1ccc(C(OC[C@H]2O[C@@H](n3cc(C)c(=O)[nH]c3=O)[C@@H]3OC[C@H]4CON(C)[C@@]423)(c2ccccc2)c2ccc(OC)cc2)cc1. The Morgan fingerprint density at radius 1 is 0.891 bits per heavy atom. The molecule has 0 amide bonds. The molecule has 0 saturated carbocycles. The summed E-state index contributed by atoms with van der Waals surface area (Å²) in [6.07, 6.45) is -0.437. The zero-order valence-corrected chi connectivity index (χ0v) is 26.2. The van der Waals surface area contributed by atoms with Gasteiger partial charge in [-0.15, -0.1) is 0 Å². The van der Waals surface area contributed by atoms with Crippen LogP contribution in [0.2, 0.25) is 0 Å². The number of methoxy groups -OCH3 is 2. The van der Waals surface area contributed by atoms with E-state index in [2.05, 4.69) is 4.98 Å². The fourth-order valence-electron chi connectivity index (χ4n) is 7.39. The van der Waals surface area contributed by atoms with Gasteiger partial charge in [-0.25, -0.2) is 4.79 Å². The number of aromatic amines is 1. The molecule has 4 heterocycles. The van der Waals surface area contributed by atoms with Gasteiger partial charge in [-0.3, -0.25) is 19.2 Å². The lowest BCUT2D eigenvalue weighted by atomic mass is 9.78. The minimum absolute atomic E-state index is 0.0336. The van der Waals surface area contributed by atoms with Crippen LogP contribution < -0.4 is 20.7 Å². The van der Waals surface area contributed by atoms with Crippen molar-refractivity contribution >= 4 is 0 Å². The van der Waals surface area contributed by atoms with Crippen molar-refractivity contribution in [2.45, 2.75) is 36.5 Å². The Morgan fingerprint density at radius 3 is 2.11 bits per heavy atom. The first-order valence-electron chi connectivity index (χ1n) is 15.3. The van der Waals surface area contributed by atoms with E-state index in [0.717, 1.165) is 28.2 Å². The van der Waals surface area contributed by atoms with Gasteiger partial charge in [0, 0.05) is 24.7 Å². The molecule has 7 rings (SSSR count). The van der Waals surface area contributed by atoms with Crippen molar-refractivity contribution in [3.63, 3.8) is 0 Å². The lowest BCUT2D eigenvalue weighted by molar-refractivity contribution is -0.181. The normalized spacial score (nSPS) is 25.7. The van der Waals surface area contributed by atoms with Gasteiger partial charge in [0.25, 0.3) is 5.56 Å². The number of hydroxylamine groups is 2. The van der Waals surface area contributed by atoms with E-state index in [9.17, 15) is 9.59 Å². The Hall–Kier alpha value is -4.26. The molecule has 11 heteroatoms. The van der Waals surface area contributed by atoms with Gasteiger partial charge in [-0.05, 0) is 47.9 Å². The molecule has 0 bridgehead atoms. The highest BCUT2D eigenvalue weighted by molar-refractivity contribution is 5.49. The van der Waals surface area contributed by atoms with Crippen LogP contribution >= 0.6 is 0 Å².